The molecule has 1 aromatic carbocycles. The summed E-state index contributed by atoms with van der Waals surface area (Å²) in [5, 5.41) is 5.15. The molecule has 0 atom stereocenters. The third-order valence-electron chi connectivity index (χ3n) is 2.54. The largest absolute Gasteiger partial charge is 0.399 e. The van der Waals surface area contributed by atoms with E-state index in [4.69, 9.17) is 5.73 Å². The van der Waals surface area contributed by atoms with Crippen LogP contribution in [0.15, 0.2) is 18.2 Å². The van der Waals surface area contributed by atoms with E-state index in [1.807, 2.05) is 13.8 Å². The molecule has 116 valence electrons. The molecular formula is C14H21FN4O2. The van der Waals surface area contributed by atoms with E-state index in [9.17, 15) is 14.0 Å². The van der Waals surface area contributed by atoms with Crippen molar-refractivity contribution in [3.8, 4) is 0 Å². The van der Waals surface area contributed by atoms with Gasteiger partial charge in [-0.2, -0.15) is 0 Å². The van der Waals surface area contributed by atoms with Gasteiger partial charge < -0.3 is 16.4 Å². The van der Waals surface area contributed by atoms with Crippen LogP contribution in [-0.2, 0) is 9.59 Å². The molecule has 0 radical (unpaired) electrons. The average molecular weight is 296 g/mol. The molecule has 6 nitrogen and oxygen atoms in total. The summed E-state index contributed by atoms with van der Waals surface area (Å²) in [7, 11) is 1.63. The lowest BCUT2D eigenvalue weighted by Gasteiger charge is -2.17. The van der Waals surface area contributed by atoms with Gasteiger partial charge in [-0.05, 0) is 39.1 Å². The molecule has 0 saturated carbocycles. The zero-order chi connectivity index (χ0) is 16.0. The summed E-state index contributed by atoms with van der Waals surface area (Å²) in [4.78, 5) is 24.9. The zero-order valence-electron chi connectivity index (χ0n) is 12.4. The molecule has 0 saturated heterocycles. The van der Waals surface area contributed by atoms with Gasteiger partial charge in [0.1, 0.15) is 5.82 Å². The number of rotatable bonds is 6. The van der Waals surface area contributed by atoms with Crippen molar-refractivity contribution < 1.29 is 14.0 Å². The summed E-state index contributed by atoms with van der Waals surface area (Å²) in [6.45, 7) is 3.77. The van der Waals surface area contributed by atoms with Crippen LogP contribution in [0, 0.1) is 5.82 Å². The molecule has 1 aromatic rings. The number of anilines is 2. The molecule has 4 N–H and O–H groups in total. The van der Waals surface area contributed by atoms with Crippen LogP contribution in [0.5, 0.6) is 0 Å². The van der Waals surface area contributed by atoms with Gasteiger partial charge in [-0.15, -0.1) is 0 Å². The van der Waals surface area contributed by atoms with Gasteiger partial charge in [-0.25, -0.2) is 4.39 Å². The Morgan fingerprint density at radius 3 is 2.52 bits per heavy atom. The first-order chi connectivity index (χ1) is 9.77. The van der Waals surface area contributed by atoms with E-state index in [2.05, 4.69) is 10.6 Å². The smallest absolute Gasteiger partial charge is 0.238 e. The third kappa shape index (κ3) is 6.22. The standard InChI is InChI=1S/C14H21FN4O2/c1-9(2)17-13(20)7-19(3)8-14(21)18-12-6-10(16)4-5-11(12)15/h4-6,9H,7-8,16H2,1-3H3,(H,17,20)(H,18,21). The molecule has 0 aromatic heterocycles. The van der Waals surface area contributed by atoms with Crippen molar-refractivity contribution in [2.45, 2.75) is 19.9 Å². The van der Waals surface area contributed by atoms with Crippen LogP contribution in [0.4, 0.5) is 15.8 Å². The Kier molecular flexibility index (Phi) is 6.10. The topological polar surface area (TPSA) is 87.5 Å². The first-order valence-corrected chi connectivity index (χ1v) is 6.60. The third-order valence-corrected chi connectivity index (χ3v) is 2.54. The summed E-state index contributed by atoms with van der Waals surface area (Å²) in [5.41, 5.74) is 5.92. The molecule has 0 fully saturated rings. The predicted molar refractivity (Wildman–Crippen MR) is 80.2 cm³/mol. The maximum absolute atomic E-state index is 13.5. The van der Waals surface area contributed by atoms with Crippen LogP contribution in [-0.4, -0.2) is 42.9 Å². The lowest BCUT2D eigenvalue weighted by Crippen LogP contribution is -2.41. The molecule has 21 heavy (non-hydrogen) atoms. The van der Waals surface area contributed by atoms with Crippen molar-refractivity contribution in [1.82, 2.24) is 10.2 Å². The van der Waals surface area contributed by atoms with Crippen LogP contribution in [0.25, 0.3) is 0 Å². The van der Waals surface area contributed by atoms with E-state index in [-0.39, 0.29) is 30.7 Å². The van der Waals surface area contributed by atoms with Gasteiger partial charge >= 0.3 is 0 Å². The molecule has 7 heteroatoms. The summed E-state index contributed by atoms with van der Waals surface area (Å²) < 4.78 is 13.5. The van der Waals surface area contributed by atoms with Crippen LogP contribution in [0.1, 0.15) is 13.8 Å². The Labute approximate surface area is 123 Å². The van der Waals surface area contributed by atoms with Gasteiger partial charge in [0.2, 0.25) is 11.8 Å². The van der Waals surface area contributed by atoms with Gasteiger partial charge in [0.25, 0.3) is 0 Å². The average Bonchev–Trinajstić information content (AvgIpc) is 2.32. The lowest BCUT2D eigenvalue weighted by atomic mass is 10.2. The Bertz CT molecular complexity index is 520. The number of hydrogen-bond donors (Lipinski definition) is 3. The Morgan fingerprint density at radius 2 is 1.90 bits per heavy atom. The van der Waals surface area contributed by atoms with E-state index in [1.165, 1.54) is 23.1 Å². The normalized spacial score (nSPS) is 10.8. The van der Waals surface area contributed by atoms with Crippen molar-refractivity contribution in [2.75, 3.05) is 31.2 Å². The minimum absolute atomic E-state index is 0.0278. The second-order valence-corrected chi connectivity index (χ2v) is 5.18. The summed E-state index contributed by atoms with van der Waals surface area (Å²) in [6.07, 6.45) is 0. The number of nitrogens with zero attached hydrogens (tertiary/aromatic N) is 1. The highest BCUT2D eigenvalue weighted by atomic mass is 19.1. The van der Waals surface area contributed by atoms with Crippen LogP contribution >= 0.6 is 0 Å². The highest BCUT2D eigenvalue weighted by molar-refractivity contribution is 5.93. The minimum Gasteiger partial charge on any atom is -0.399 e. The molecule has 0 unspecified atom stereocenters. The van der Waals surface area contributed by atoms with Crippen molar-refractivity contribution >= 4 is 23.2 Å². The molecule has 0 aliphatic carbocycles. The second-order valence-electron chi connectivity index (χ2n) is 5.18. The molecule has 0 bridgehead atoms. The van der Waals surface area contributed by atoms with Gasteiger partial charge in [-0.3, -0.25) is 14.5 Å². The molecule has 0 heterocycles. The second kappa shape index (κ2) is 7.58. The first kappa shape index (κ1) is 16.9. The summed E-state index contributed by atoms with van der Waals surface area (Å²) in [5.74, 6) is -1.15. The minimum atomic E-state index is -0.558. The number of nitrogen functional groups attached to an aromatic ring is 1. The molecular weight excluding hydrogens is 275 g/mol. The summed E-state index contributed by atoms with van der Waals surface area (Å²) >= 11 is 0. The van der Waals surface area contributed by atoms with Crippen LogP contribution in [0.2, 0.25) is 0 Å². The first-order valence-electron chi connectivity index (χ1n) is 6.60. The fraction of sp³-hybridized carbons (Fsp3) is 0.429. The molecule has 1 rings (SSSR count). The van der Waals surface area contributed by atoms with E-state index in [0.29, 0.717) is 5.69 Å². The van der Waals surface area contributed by atoms with Crippen molar-refractivity contribution in [2.24, 2.45) is 0 Å². The number of nitrogens with one attached hydrogen (secondary N) is 2. The number of benzene rings is 1. The van der Waals surface area contributed by atoms with Gasteiger partial charge in [0.05, 0.1) is 18.8 Å². The number of halogens is 1. The highest BCUT2D eigenvalue weighted by Gasteiger charge is 2.13. The van der Waals surface area contributed by atoms with Crippen molar-refractivity contribution in [3.05, 3.63) is 24.0 Å². The number of carbonyl (C=O) groups is 2. The van der Waals surface area contributed by atoms with E-state index in [0.717, 1.165) is 0 Å². The number of likely N-dealkylation sites (N-methyl/N-ethyl adjacent to an activating group) is 1. The highest BCUT2D eigenvalue weighted by Crippen LogP contribution is 2.17. The Balaban J connectivity index is 2.49. The maximum atomic E-state index is 13.5. The van der Waals surface area contributed by atoms with Gasteiger partial charge in [0, 0.05) is 11.7 Å². The fourth-order valence-corrected chi connectivity index (χ4v) is 1.74. The van der Waals surface area contributed by atoms with Gasteiger partial charge in [0.15, 0.2) is 0 Å². The quantitative estimate of drug-likeness (QED) is 0.678. The van der Waals surface area contributed by atoms with Crippen LogP contribution < -0.4 is 16.4 Å². The lowest BCUT2D eigenvalue weighted by molar-refractivity contribution is -0.123. The van der Waals surface area contributed by atoms with E-state index >= 15 is 0 Å². The van der Waals surface area contributed by atoms with E-state index < -0.39 is 11.7 Å². The number of carbonyl (C=O) groups excluding carboxylic acids is 2. The maximum Gasteiger partial charge on any atom is 0.238 e. The monoisotopic (exact) mass is 296 g/mol. The molecule has 2 amide bonds. The van der Waals surface area contributed by atoms with Gasteiger partial charge in [-0.1, -0.05) is 0 Å². The summed E-state index contributed by atoms with van der Waals surface area (Å²) in [6, 6.07) is 3.98. The van der Waals surface area contributed by atoms with Crippen molar-refractivity contribution in [3.63, 3.8) is 0 Å². The van der Waals surface area contributed by atoms with Crippen molar-refractivity contribution in [1.29, 1.82) is 0 Å². The number of nitrogens with two attached hydrogens (primary N) is 1. The Hall–Kier alpha value is -2.15. The number of hydrogen-bond acceptors (Lipinski definition) is 4. The number of amides is 2. The van der Waals surface area contributed by atoms with Crippen LogP contribution in [0.3, 0.4) is 0 Å². The predicted octanol–water partition coefficient (Wildman–Crippen LogP) is 0.803. The van der Waals surface area contributed by atoms with E-state index in [1.54, 1.807) is 7.05 Å². The SMILES string of the molecule is CC(C)NC(=O)CN(C)CC(=O)Nc1cc(N)ccc1F. The fourth-order valence-electron chi connectivity index (χ4n) is 1.74. The molecule has 0 aliphatic heterocycles. The molecule has 0 aliphatic rings. The Morgan fingerprint density at radius 1 is 1.29 bits per heavy atom. The molecule has 0 spiro atoms. The zero-order valence-corrected chi connectivity index (χ0v) is 12.4.